The average Bonchev–Trinajstić information content (AvgIpc) is 3.64. The van der Waals surface area contributed by atoms with E-state index in [4.69, 9.17) is 14.2 Å². The fraction of sp³-hybridized carbons (Fsp3) is 0.840. The van der Waals surface area contributed by atoms with Crippen molar-refractivity contribution in [3.63, 3.8) is 0 Å². The summed E-state index contributed by atoms with van der Waals surface area (Å²) in [6.07, 6.45) is 16.5. The van der Waals surface area contributed by atoms with E-state index >= 15 is 0 Å². The molecule has 1 aliphatic heterocycles. The van der Waals surface area contributed by atoms with Gasteiger partial charge in [0.1, 0.15) is 12.7 Å². The van der Waals surface area contributed by atoms with Crippen LogP contribution < -0.4 is 0 Å². The van der Waals surface area contributed by atoms with E-state index in [1.807, 2.05) is 0 Å². The maximum atomic E-state index is 11.9. The molecular weight excluding hydrogens is 380 g/mol. The molecule has 1 aliphatic carbocycles. The minimum atomic E-state index is -0.107. The number of carbonyl (C=O) groups excluding carboxylic acids is 2. The first kappa shape index (κ1) is 24.9. The molecule has 1 saturated heterocycles. The Kier molecular flexibility index (Phi) is 12.1. The molecular formula is C25H42O5. The zero-order valence-electron chi connectivity index (χ0n) is 19.1. The molecule has 0 aromatic carbocycles. The van der Waals surface area contributed by atoms with Gasteiger partial charge in [-0.05, 0) is 62.7 Å². The van der Waals surface area contributed by atoms with E-state index in [-0.39, 0.29) is 18.0 Å². The van der Waals surface area contributed by atoms with E-state index in [0.29, 0.717) is 43.8 Å². The van der Waals surface area contributed by atoms with Gasteiger partial charge in [0.05, 0.1) is 13.2 Å². The summed E-state index contributed by atoms with van der Waals surface area (Å²) in [6.45, 7) is 6.14. The first-order valence-corrected chi connectivity index (χ1v) is 12.2. The van der Waals surface area contributed by atoms with Gasteiger partial charge in [0.2, 0.25) is 0 Å². The molecule has 0 radical (unpaired) electrons. The molecule has 0 aromatic rings. The molecule has 1 heterocycles. The highest BCUT2D eigenvalue weighted by atomic mass is 16.6. The molecule has 3 unspecified atom stereocenters. The Morgan fingerprint density at radius 2 is 1.67 bits per heavy atom. The number of carbonyl (C=O) groups is 2. The topological polar surface area (TPSA) is 65.1 Å². The third-order valence-corrected chi connectivity index (χ3v) is 6.02. The van der Waals surface area contributed by atoms with Gasteiger partial charge in [0.25, 0.3) is 0 Å². The number of allylic oxidation sites excluding steroid dienone is 2. The summed E-state index contributed by atoms with van der Waals surface area (Å²) in [4.78, 5) is 23.7. The van der Waals surface area contributed by atoms with Gasteiger partial charge < -0.3 is 14.2 Å². The van der Waals surface area contributed by atoms with E-state index in [0.717, 1.165) is 51.6 Å². The first-order valence-electron chi connectivity index (χ1n) is 12.2. The lowest BCUT2D eigenvalue weighted by Crippen LogP contribution is -2.15. The predicted octanol–water partition coefficient (Wildman–Crippen LogP) is 5.61. The average molecular weight is 423 g/mol. The number of rotatable bonds is 18. The third kappa shape index (κ3) is 11.7. The minimum absolute atomic E-state index is 0.0396. The fourth-order valence-electron chi connectivity index (χ4n) is 3.89. The van der Waals surface area contributed by atoms with Gasteiger partial charge in [0, 0.05) is 12.8 Å². The SMILES string of the molecule is CCC=CC(CCCC(=O)OCC1CC1)C(CCC)CCCCC(=O)OCC1CO1. The molecule has 0 amide bonds. The van der Waals surface area contributed by atoms with Gasteiger partial charge in [0.15, 0.2) is 0 Å². The number of ether oxygens (including phenoxy) is 3. The van der Waals surface area contributed by atoms with Crippen LogP contribution in [0.4, 0.5) is 0 Å². The Labute approximate surface area is 182 Å². The van der Waals surface area contributed by atoms with Crippen molar-refractivity contribution in [2.75, 3.05) is 19.8 Å². The van der Waals surface area contributed by atoms with E-state index < -0.39 is 0 Å². The smallest absolute Gasteiger partial charge is 0.305 e. The number of hydrogen-bond donors (Lipinski definition) is 0. The molecule has 3 atom stereocenters. The summed E-state index contributed by atoms with van der Waals surface area (Å²) in [6, 6.07) is 0. The van der Waals surface area contributed by atoms with E-state index in [1.54, 1.807) is 0 Å². The van der Waals surface area contributed by atoms with E-state index in [2.05, 4.69) is 26.0 Å². The van der Waals surface area contributed by atoms with Crippen molar-refractivity contribution in [2.24, 2.45) is 17.8 Å². The second kappa shape index (κ2) is 14.6. The Balaban J connectivity index is 1.68. The first-order chi connectivity index (χ1) is 14.6. The third-order valence-electron chi connectivity index (χ3n) is 6.02. The molecule has 0 spiro atoms. The van der Waals surface area contributed by atoms with Crippen LogP contribution >= 0.6 is 0 Å². The molecule has 172 valence electrons. The molecule has 2 aliphatic rings. The lowest BCUT2D eigenvalue weighted by molar-refractivity contribution is -0.145. The Morgan fingerprint density at radius 1 is 0.967 bits per heavy atom. The monoisotopic (exact) mass is 422 g/mol. The lowest BCUT2D eigenvalue weighted by atomic mass is 9.81. The number of unbranched alkanes of at least 4 members (excludes halogenated alkanes) is 1. The highest BCUT2D eigenvalue weighted by Crippen LogP contribution is 2.31. The van der Waals surface area contributed by atoms with Crippen molar-refractivity contribution in [2.45, 2.75) is 97.0 Å². The number of esters is 2. The van der Waals surface area contributed by atoms with Crippen molar-refractivity contribution in [3.8, 4) is 0 Å². The second-order valence-corrected chi connectivity index (χ2v) is 8.95. The predicted molar refractivity (Wildman–Crippen MR) is 118 cm³/mol. The summed E-state index contributed by atoms with van der Waals surface area (Å²) < 4.78 is 15.6. The maximum Gasteiger partial charge on any atom is 0.305 e. The normalized spacial score (nSPS) is 20.1. The van der Waals surface area contributed by atoms with Crippen LogP contribution in [0.15, 0.2) is 12.2 Å². The summed E-state index contributed by atoms with van der Waals surface area (Å²) in [5, 5.41) is 0. The molecule has 0 N–H and O–H groups in total. The van der Waals surface area contributed by atoms with Gasteiger partial charge >= 0.3 is 11.9 Å². The molecule has 30 heavy (non-hydrogen) atoms. The van der Waals surface area contributed by atoms with Gasteiger partial charge in [-0.15, -0.1) is 0 Å². The molecule has 5 nitrogen and oxygen atoms in total. The number of hydrogen-bond acceptors (Lipinski definition) is 5. The van der Waals surface area contributed by atoms with Crippen LogP contribution in [0.3, 0.4) is 0 Å². The highest BCUT2D eigenvalue weighted by molar-refractivity contribution is 5.69. The van der Waals surface area contributed by atoms with Crippen molar-refractivity contribution < 1.29 is 23.8 Å². The van der Waals surface area contributed by atoms with Gasteiger partial charge in [-0.1, -0.05) is 45.3 Å². The number of epoxide rings is 1. The Hall–Kier alpha value is -1.36. The van der Waals surface area contributed by atoms with Gasteiger partial charge in [-0.3, -0.25) is 9.59 Å². The molecule has 0 aromatic heterocycles. The summed E-state index contributed by atoms with van der Waals surface area (Å²) in [5.41, 5.74) is 0. The Morgan fingerprint density at radius 3 is 2.30 bits per heavy atom. The standard InChI is InChI=1S/C25H42O5/c1-3-5-10-22(12-8-14-25(27)29-17-20-15-16-20)21(9-4-2)11-6-7-13-24(26)30-19-23-18-28-23/h5,10,20-23H,3-4,6-9,11-19H2,1-2H3. The molecule has 2 fully saturated rings. The van der Waals surface area contributed by atoms with E-state index in [1.165, 1.54) is 19.3 Å². The fourth-order valence-corrected chi connectivity index (χ4v) is 3.89. The molecule has 0 bridgehead atoms. The van der Waals surface area contributed by atoms with Crippen molar-refractivity contribution in [3.05, 3.63) is 12.2 Å². The van der Waals surface area contributed by atoms with Crippen LogP contribution in [0.25, 0.3) is 0 Å². The van der Waals surface area contributed by atoms with Crippen LogP contribution in [-0.4, -0.2) is 37.9 Å². The van der Waals surface area contributed by atoms with Crippen LogP contribution in [0.2, 0.25) is 0 Å². The largest absolute Gasteiger partial charge is 0.465 e. The maximum absolute atomic E-state index is 11.9. The molecule has 1 saturated carbocycles. The van der Waals surface area contributed by atoms with Crippen LogP contribution in [-0.2, 0) is 23.8 Å². The molecule has 2 rings (SSSR count). The van der Waals surface area contributed by atoms with Crippen LogP contribution in [0, 0.1) is 17.8 Å². The quantitative estimate of drug-likeness (QED) is 0.124. The van der Waals surface area contributed by atoms with Crippen molar-refractivity contribution in [1.82, 2.24) is 0 Å². The summed E-state index contributed by atoms with van der Waals surface area (Å²) in [5.74, 6) is 1.59. The Bertz CT molecular complexity index is 522. The van der Waals surface area contributed by atoms with Crippen molar-refractivity contribution >= 4 is 11.9 Å². The van der Waals surface area contributed by atoms with E-state index in [9.17, 15) is 9.59 Å². The zero-order chi connectivity index (χ0) is 21.6. The van der Waals surface area contributed by atoms with Gasteiger partial charge in [-0.25, -0.2) is 0 Å². The minimum Gasteiger partial charge on any atom is -0.465 e. The highest BCUT2D eigenvalue weighted by Gasteiger charge is 2.25. The summed E-state index contributed by atoms with van der Waals surface area (Å²) in [7, 11) is 0. The lowest BCUT2D eigenvalue weighted by Gasteiger charge is -2.25. The van der Waals surface area contributed by atoms with Crippen LogP contribution in [0.5, 0.6) is 0 Å². The molecule has 5 heteroatoms. The van der Waals surface area contributed by atoms with Crippen LogP contribution in [0.1, 0.15) is 90.9 Å². The summed E-state index contributed by atoms with van der Waals surface area (Å²) >= 11 is 0. The zero-order valence-corrected chi connectivity index (χ0v) is 19.1. The van der Waals surface area contributed by atoms with Crippen molar-refractivity contribution in [1.29, 1.82) is 0 Å². The van der Waals surface area contributed by atoms with Gasteiger partial charge in [-0.2, -0.15) is 0 Å². The second-order valence-electron chi connectivity index (χ2n) is 8.95.